The Labute approximate surface area is 194 Å². The molecule has 0 unspecified atom stereocenters. The molecular weight excluding hydrogens is 446 g/mol. The van der Waals surface area contributed by atoms with E-state index >= 15 is 0 Å². The average molecular weight is 469 g/mol. The first-order valence-electron chi connectivity index (χ1n) is 10.8. The van der Waals surface area contributed by atoms with Crippen LogP contribution in [-0.2, 0) is 0 Å². The largest absolute Gasteiger partial charge is 0.335 e. The van der Waals surface area contributed by atoms with Gasteiger partial charge in [0.1, 0.15) is 17.3 Å². The van der Waals surface area contributed by atoms with Crippen LogP contribution in [0.4, 0.5) is 8.78 Å². The van der Waals surface area contributed by atoms with E-state index in [4.69, 9.17) is 0 Å². The first kappa shape index (κ1) is 21.7. The van der Waals surface area contributed by atoms with Crippen LogP contribution < -0.4 is 0 Å². The summed E-state index contributed by atoms with van der Waals surface area (Å²) in [7, 11) is 0. The molecule has 0 spiro atoms. The molecule has 170 valence electrons. The molecule has 2 aromatic carbocycles. The van der Waals surface area contributed by atoms with E-state index in [9.17, 15) is 18.4 Å². The maximum atomic E-state index is 14.2. The first-order valence-corrected chi connectivity index (χ1v) is 11.7. The summed E-state index contributed by atoms with van der Waals surface area (Å²) in [5.41, 5.74) is 3.44. The summed E-state index contributed by atoms with van der Waals surface area (Å²) in [6, 6.07) is 10.5. The molecule has 2 aliphatic heterocycles. The summed E-state index contributed by atoms with van der Waals surface area (Å²) in [6.45, 7) is 4.06. The smallest absolute Gasteiger partial charge is 0.273 e. The van der Waals surface area contributed by atoms with Crippen molar-refractivity contribution < 1.29 is 18.4 Å². The van der Waals surface area contributed by atoms with Gasteiger partial charge in [0.15, 0.2) is 0 Å². The van der Waals surface area contributed by atoms with Gasteiger partial charge < -0.3 is 9.80 Å². The van der Waals surface area contributed by atoms with Crippen LogP contribution in [0.15, 0.2) is 53.4 Å². The number of likely N-dealkylation sites (tertiary alicyclic amines) is 1. The van der Waals surface area contributed by atoms with Crippen molar-refractivity contribution >= 4 is 23.2 Å². The van der Waals surface area contributed by atoms with Crippen LogP contribution in [0.25, 0.3) is 11.1 Å². The Hall–Kier alpha value is -3.17. The monoisotopic (exact) mass is 468 g/mol. The number of hydrogen-bond acceptors (Lipinski definition) is 5. The third-order valence-corrected chi connectivity index (χ3v) is 6.86. The lowest BCUT2D eigenvalue weighted by Gasteiger charge is -2.48. The minimum absolute atomic E-state index is 0.0289. The molecule has 1 aromatic heterocycles. The van der Waals surface area contributed by atoms with Gasteiger partial charge in [0.05, 0.1) is 5.51 Å². The molecule has 0 atom stereocenters. The van der Waals surface area contributed by atoms with Crippen LogP contribution in [0.1, 0.15) is 20.8 Å². The van der Waals surface area contributed by atoms with E-state index in [1.165, 1.54) is 23.5 Å². The SMILES string of the molecule is O=C(c1cccc(-c2ccc(F)cc2F)c1)N1CC(N2CCN(C(=O)c3cscn3)CC2)C1. The van der Waals surface area contributed by atoms with E-state index in [-0.39, 0.29) is 23.4 Å². The number of carbonyl (C=O) groups excluding carboxylic acids is 2. The third-order valence-electron chi connectivity index (χ3n) is 6.27. The molecule has 2 saturated heterocycles. The highest BCUT2D eigenvalue weighted by Crippen LogP contribution is 2.26. The normalized spacial score (nSPS) is 17.2. The molecule has 2 fully saturated rings. The van der Waals surface area contributed by atoms with Gasteiger partial charge in [0, 0.05) is 67.9 Å². The standard InChI is InChI=1S/C24H22F2N4O2S/c25-18-4-5-20(21(26)11-18)16-2-1-3-17(10-16)23(31)30-12-19(13-30)28-6-8-29(9-7-28)24(32)22-14-33-15-27-22/h1-5,10-11,14-15,19H,6-9,12-13H2. The van der Waals surface area contributed by atoms with Gasteiger partial charge in [-0.1, -0.05) is 12.1 Å². The summed E-state index contributed by atoms with van der Waals surface area (Å²) in [6.07, 6.45) is 0. The summed E-state index contributed by atoms with van der Waals surface area (Å²) < 4.78 is 27.4. The van der Waals surface area contributed by atoms with Crippen LogP contribution in [-0.4, -0.2) is 76.8 Å². The quantitative estimate of drug-likeness (QED) is 0.589. The summed E-state index contributed by atoms with van der Waals surface area (Å²) in [5, 5.41) is 1.77. The Morgan fingerprint density at radius 2 is 1.73 bits per heavy atom. The molecule has 2 aliphatic rings. The minimum Gasteiger partial charge on any atom is -0.335 e. The van der Waals surface area contributed by atoms with Crippen molar-refractivity contribution in [3.63, 3.8) is 0 Å². The fourth-order valence-electron chi connectivity index (χ4n) is 4.35. The number of thiazole rings is 1. The zero-order chi connectivity index (χ0) is 22.9. The highest BCUT2D eigenvalue weighted by Gasteiger charge is 2.37. The number of piperazine rings is 1. The fourth-order valence-corrected chi connectivity index (χ4v) is 4.87. The predicted octanol–water partition coefficient (Wildman–Crippen LogP) is 3.37. The summed E-state index contributed by atoms with van der Waals surface area (Å²) in [4.78, 5) is 35.4. The van der Waals surface area contributed by atoms with Gasteiger partial charge in [-0.3, -0.25) is 14.5 Å². The van der Waals surface area contributed by atoms with Gasteiger partial charge in [-0.25, -0.2) is 13.8 Å². The number of benzene rings is 2. The van der Waals surface area contributed by atoms with Gasteiger partial charge in [0.25, 0.3) is 11.8 Å². The number of rotatable bonds is 4. The van der Waals surface area contributed by atoms with Crippen molar-refractivity contribution in [1.82, 2.24) is 19.7 Å². The van der Waals surface area contributed by atoms with E-state index < -0.39 is 11.6 Å². The highest BCUT2D eigenvalue weighted by atomic mass is 32.1. The van der Waals surface area contributed by atoms with Gasteiger partial charge in [-0.05, 0) is 29.8 Å². The van der Waals surface area contributed by atoms with E-state index in [0.717, 1.165) is 19.2 Å². The molecule has 9 heteroatoms. The fraction of sp³-hybridized carbons (Fsp3) is 0.292. The van der Waals surface area contributed by atoms with Crippen molar-refractivity contribution in [2.24, 2.45) is 0 Å². The maximum Gasteiger partial charge on any atom is 0.273 e. The molecule has 2 amide bonds. The second-order valence-corrected chi connectivity index (χ2v) is 8.99. The molecular formula is C24H22F2N4O2S. The highest BCUT2D eigenvalue weighted by molar-refractivity contribution is 7.07. The zero-order valence-electron chi connectivity index (χ0n) is 17.8. The molecule has 5 rings (SSSR count). The lowest BCUT2D eigenvalue weighted by atomic mass is 10.00. The van der Waals surface area contributed by atoms with Crippen LogP contribution in [0.2, 0.25) is 0 Å². The minimum atomic E-state index is -0.656. The molecule has 0 saturated carbocycles. The van der Waals surface area contributed by atoms with Gasteiger partial charge in [-0.2, -0.15) is 0 Å². The Bertz CT molecular complexity index is 1170. The van der Waals surface area contributed by atoms with Crippen molar-refractivity contribution in [2.45, 2.75) is 6.04 Å². The molecule has 3 aromatic rings. The number of amides is 2. The van der Waals surface area contributed by atoms with Crippen LogP contribution in [0, 0.1) is 11.6 Å². The van der Waals surface area contributed by atoms with Crippen molar-refractivity contribution in [3.8, 4) is 11.1 Å². The zero-order valence-corrected chi connectivity index (χ0v) is 18.6. The Balaban J connectivity index is 1.17. The number of hydrogen-bond donors (Lipinski definition) is 0. The lowest BCUT2D eigenvalue weighted by molar-refractivity contribution is 0.00844. The van der Waals surface area contributed by atoms with Gasteiger partial charge >= 0.3 is 0 Å². The van der Waals surface area contributed by atoms with E-state index in [1.807, 2.05) is 4.90 Å². The van der Waals surface area contributed by atoms with Crippen LogP contribution >= 0.6 is 11.3 Å². The number of carbonyl (C=O) groups is 2. The van der Waals surface area contributed by atoms with Crippen molar-refractivity contribution in [2.75, 3.05) is 39.3 Å². The molecule has 33 heavy (non-hydrogen) atoms. The summed E-state index contributed by atoms with van der Waals surface area (Å²) >= 11 is 1.41. The van der Waals surface area contributed by atoms with Crippen LogP contribution in [0.5, 0.6) is 0 Å². The molecule has 0 N–H and O–H groups in total. The van der Waals surface area contributed by atoms with Gasteiger partial charge in [-0.15, -0.1) is 11.3 Å². The van der Waals surface area contributed by atoms with Gasteiger partial charge in [0.2, 0.25) is 0 Å². The van der Waals surface area contributed by atoms with E-state index in [0.29, 0.717) is 43.0 Å². The molecule has 0 radical (unpaired) electrons. The predicted molar refractivity (Wildman–Crippen MR) is 121 cm³/mol. The maximum absolute atomic E-state index is 14.2. The van der Waals surface area contributed by atoms with Crippen molar-refractivity contribution in [3.05, 3.63) is 76.2 Å². The average Bonchev–Trinajstić information content (AvgIpc) is 3.33. The van der Waals surface area contributed by atoms with E-state index in [1.54, 1.807) is 40.1 Å². The molecule has 0 aliphatic carbocycles. The van der Waals surface area contributed by atoms with Crippen molar-refractivity contribution in [1.29, 1.82) is 0 Å². The third kappa shape index (κ3) is 4.38. The molecule has 6 nitrogen and oxygen atoms in total. The second-order valence-electron chi connectivity index (χ2n) is 8.27. The number of nitrogens with zero attached hydrogens (tertiary/aromatic N) is 4. The van der Waals surface area contributed by atoms with Crippen LogP contribution in [0.3, 0.4) is 0 Å². The topological polar surface area (TPSA) is 56.8 Å². The Morgan fingerprint density at radius 3 is 2.42 bits per heavy atom. The Kier molecular flexibility index (Phi) is 5.90. The molecule has 0 bridgehead atoms. The lowest BCUT2D eigenvalue weighted by Crippen LogP contribution is -2.64. The van der Waals surface area contributed by atoms with E-state index in [2.05, 4.69) is 9.88 Å². The number of halogens is 2. The molecule has 3 heterocycles. The second kappa shape index (κ2) is 8.99. The number of aromatic nitrogens is 1. The Morgan fingerprint density at radius 1 is 0.939 bits per heavy atom. The summed E-state index contributed by atoms with van der Waals surface area (Å²) in [5.74, 6) is -1.42. The first-order chi connectivity index (χ1) is 16.0.